The second kappa shape index (κ2) is 3.78. The summed E-state index contributed by atoms with van der Waals surface area (Å²) in [5, 5.41) is 9.47. The van der Waals surface area contributed by atoms with E-state index in [0.717, 1.165) is 0 Å². The van der Waals surface area contributed by atoms with E-state index >= 15 is 0 Å². The average Bonchev–Trinajstić information content (AvgIpc) is 2.49. The number of nitrogen functional groups attached to an aromatic ring is 1. The van der Waals surface area contributed by atoms with Crippen molar-refractivity contribution in [1.29, 1.82) is 0 Å². The van der Waals surface area contributed by atoms with Gasteiger partial charge in [0.2, 0.25) is 5.95 Å². The molecule has 1 aliphatic rings. The van der Waals surface area contributed by atoms with Gasteiger partial charge in [-0.1, -0.05) is 0 Å². The van der Waals surface area contributed by atoms with E-state index in [1.165, 1.54) is 0 Å². The summed E-state index contributed by atoms with van der Waals surface area (Å²) in [5.41, 5.74) is 5.34. The van der Waals surface area contributed by atoms with Crippen molar-refractivity contribution in [2.75, 3.05) is 23.8 Å². The molecule has 0 aliphatic carbocycles. The van der Waals surface area contributed by atoms with Crippen LogP contribution < -0.4 is 11.1 Å². The molecule has 15 heavy (non-hydrogen) atoms. The highest BCUT2D eigenvalue weighted by Gasteiger charge is 2.25. The third-order valence-electron chi connectivity index (χ3n) is 2.29. The van der Waals surface area contributed by atoms with Crippen LogP contribution in [0.1, 0.15) is 5.82 Å². The zero-order valence-electron chi connectivity index (χ0n) is 8.10. The molecule has 1 atom stereocenters. The van der Waals surface area contributed by atoms with Crippen LogP contribution in [-0.2, 0) is 16.3 Å². The Morgan fingerprint density at radius 3 is 2.93 bits per heavy atom. The van der Waals surface area contributed by atoms with Gasteiger partial charge in [-0.15, -0.1) is 5.10 Å². The van der Waals surface area contributed by atoms with Gasteiger partial charge in [-0.25, -0.2) is 8.42 Å². The Kier molecular flexibility index (Phi) is 2.61. The summed E-state index contributed by atoms with van der Waals surface area (Å²) < 4.78 is 22.7. The lowest BCUT2D eigenvalue weighted by Crippen LogP contribution is -2.46. The monoisotopic (exact) mass is 231 g/mol. The summed E-state index contributed by atoms with van der Waals surface area (Å²) in [4.78, 5) is 3.93. The van der Waals surface area contributed by atoms with Gasteiger partial charge in [-0.3, -0.25) is 5.10 Å². The zero-order valence-corrected chi connectivity index (χ0v) is 8.92. The molecular formula is C7H13N5O2S. The average molecular weight is 231 g/mol. The fraction of sp³-hybridized carbons (Fsp3) is 0.714. The molecular weight excluding hydrogens is 218 g/mol. The molecule has 84 valence electrons. The van der Waals surface area contributed by atoms with Crippen molar-refractivity contribution in [2.45, 2.75) is 12.5 Å². The third kappa shape index (κ3) is 2.66. The normalized spacial score (nSPS) is 25.2. The first-order chi connectivity index (χ1) is 7.05. The van der Waals surface area contributed by atoms with Crippen LogP contribution in [0.3, 0.4) is 0 Å². The van der Waals surface area contributed by atoms with Crippen molar-refractivity contribution in [1.82, 2.24) is 20.5 Å². The smallest absolute Gasteiger partial charge is 0.239 e. The van der Waals surface area contributed by atoms with Gasteiger partial charge in [-0.05, 0) is 0 Å². The SMILES string of the molecule is Nc1n[nH]c(CC2CS(=O)(=O)CCN2)n1. The lowest BCUT2D eigenvalue weighted by molar-refractivity contribution is 0.509. The van der Waals surface area contributed by atoms with Gasteiger partial charge < -0.3 is 11.1 Å². The van der Waals surface area contributed by atoms with Crippen molar-refractivity contribution in [3.63, 3.8) is 0 Å². The highest BCUT2D eigenvalue weighted by Crippen LogP contribution is 2.06. The number of hydrogen-bond donors (Lipinski definition) is 3. The molecule has 8 heteroatoms. The first-order valence-corrected chi connectivity index (χ1v) is 6.48. The standard InChI is InChI=1S/C7H13N5O2S/c8-7-10-6(11-12-7)3-5-4-15(13,14)2-1-9-5/h5,9H,1-4H2,(H3,8,10,11,12). The van der Waals surface area contributed by atoms with Crippen LogP contribution in [-0.4, -0.2) is 47.7 Å². The fourth-order valence-corrected chi connectivity index (χ4v) is 3.08. The maximum Gasteiger partial charge on any atom is 0.239 e. The van der Waals surface area contributed by atoms with Crippen molar-refractivity contribution in [2.24, 2.45) is 0 Å². The Morgan fingerprint density at radius 2 is 2.33 bits per heavy atom. The molecule has 1 aromatic rings. The van der Waals surface area contributed by atoms with E-state index in [0.29, 0.717) is 18.8 Å². The van der Waals surface area contributed by atoms with Gasteiger partial charge in [0.1, 0.15) is 5.82 Å². The molecule has 0 spiro atoms. The molecule has 1 aromatic heterocycles. The van der Waals surface area contributed by atoms with Crippen molar-refractivity contribution < 1.29 is 8.42 Å². The van der Waals surface area contributed by atoms with Gasteiger partial charge in [0.05, 0.1) is 11.5 Å². The number of aromatic amines is 1. The predicted octanol–water partition coefficient (Wildman–Crippen LogP) is -1.68. The molecule has 1 fully saturated rings. The van der Waals surface area contributed by atoms with Crippen LogP contribution in [0.15, 0.2) is 0 Å². The summed E-state index contributed by atoms with van der Waals surface area (Å²) in [7, 11) is -2.90. The number of nitrogens with zero attached hydrogens (tertiary/aromatic N) is 2. The Morgan fingerprint density at radius 1 is 1.53 bits per heavy atom. The molecule has 4 N–H and O–H groups in total. The van der Waals surface area contributed by atoms with Crippen molar-refractivity contribution in [3.8, 4) is 0 Å². The molecule has 0 aromatic carbocycles. The third-order valence-corrected chi connectivity index (χ3v) is 4.03. The first-order valence-electron chi connectivity index (χ1n) is 4.66. The van der Waals surface area contributed by atoms with Crippen LogP contribution in [0.2, 0.25) is 0 Å². The molecule has 1 unspecified atom stereocenters. The fourth-order valence-electron chi connectivity index (χ4n) is 1.63. The zero-order chi connectivity index (χ0) is 10.9. The van der Waals surface area contributed by atoms with Gasteiger partial charge in [-0.2, -0.15) is 4.98 Å². The highest BCUT2D eigenvalue weighted by molar-refractivity contribution is 7.91. The molecule has 0 radical (unpaired) electrons. The van der Waals surface area contributed by atoms with Crippen LogP contribution in [0.5, 0.6) is 0 Å². The number of nitrogens with two attached hydrogens (primary N) is 1. The van der Waals surface area contributed by atoms with Gasteiger partial charge in [0.15, 0.2) is 9.84 Å². The van der Waals surface area contributed by atoms with E-state index in [-0.39, 0.29) is 23.5 Å². The van der Waals surface area contributed by atoms with Crippen LogP contribution in [0.25, 0.3) is 0 Å². The minimum absolute atomic E-state index is 0.101. The Labute approximate surface area is 87.4 Å². The van der Waals surface area contributed by atoms with Crippen molar-refractivity contribution >= 4 is 15.8 Å². The highest BCUT2D eigenvalue weighted by atomic mass is 32.2. The summed E-state index contributed by atoms with van der Waals surface area (Å²) in [6, 6.07) is -0.101. The second-order valence-corrected chi connectivity index (χ2v) is 5.84. The number of H-pyrrole nitrogens is 1. The number of sulfone groups is 1. The molecule has 1 saturated heterocycles. The minimum atomic E-state index is -2.90. The van der Waals surface area contributed by atoms with Crippen LogP contribution in [0.4, 0.5) is 5.95 Å². The molecule has 1 aliphatic heterocycles. The summed E-state index contributed by atoms with van der Waals surface area (Å²) in [6.07, 6.45) is 0.503. The molecule has 2 heterocycles. The van der Waals surface area contributed by atoms with Crippen molar-refractivity contribution in [3.05, 3.63) is 5.82 Å². The van der Waals surface area contributed by atoms with E-state index in [9.17, 15) is 8.42 Å². The minimum Gasteiger partial charge on any atom is -0.367 e. The first kappa shape index (κ1) is 10.4. The Bertz CT molecular complexity index is 440. The molecule has 0 amide bonds. The quantitative estimate of drug-likeness (QED) is 0.560. The largest absolute Gasteiger partial charge is 0.367 e. The Hall–Kier alpha value is -1.15. The number of nitrogens with one attached hydrogen (secondary N) is 2. The van der Waals surface area contributed by atoms with Gasteiger partial charge in [0, 0.05) is 19.0 Å². The van der Waals surface area contributed by atoms with Crippen LogP contribution >= 0.6 is 0 Å². The van der Waals surface area contributed by atoms with Crippen LogP contribution in [0, 0.1) is 0 Å². The number of hydrogen-bond acceptors (Lipinski definition) is 6. The topological polar surface area (TPSA) is 114 Å². The van der Waals surface area contributed by atoms with E-state index in [1.807, 2.05) is 0 Å². The molecule has 7 nitrogen and oxygen atoms in total. The maximum absolute atomic E-state index is 11.3. The number of aromatic nitrogens is 3. The molecule has 0 saturated carbocycles. The number of rotatable bonds is 2. The second-order valence-electron chi connectivity index (χ2n) is 3.61. The predicted molar refractivity (Wildman–Crippen MR) is 54.9 cm³/mol. The lowest BCUT2D eigenvalue weighted by atomic mass is 10.2. The molecule has 2 rings (SSSR count). The van der Waals surface area contributed by atoms with E-state index in [4.69, 9.17) is 5.73 Å². The summed E-state index contributed by atoms with van der Waals surface area (Å²) in [5.74, 6) is 1.15. The Balaban J connectivity index is 2.01. The van der Waals surface area contributed by atoms with Gasteiger partial charge in [0.25, 0.3) is 0 Å². The lowest BCUT2D eigenvalue weighted by Gasteiger charge is -2.22. The van der Waals surface area contributed by atoms with E-state index in [2.05, 4.69) is 20.5 Å². The summed E-state index contributed by atoms with van der Waals surface area (Å²) in [6.45, 7) is 0.497. The molecule has 0 bridgehead atoms. The van der Waals surface area contributed by atoms with E-state index < -0.39 is 9.84 Å². The maximum atomic E-state index is 11.3. The summed E-state index contributed by atoms with van der Waals surface area (Å²) >= 11 is 0. The number of anilines is 1. The van der Waals surface area contributed by atoms with E-state index in [1.54, 1.807) is 0 Å². The van der Waals surface area contributed by atoms with Gasteiger partial charge >= 0.3 is 0 Å².